The molecule has 0 saturated carbocycles. The molecule has 0 saturated heterocycles. The number of hydrogen-bond donors (Lipinski definition) is 1. The number of hydrogen-bond acceptors (Lipinski definition) is 4. The number of sulfonamides is 1. The molecule has 1 amide bonds. The molecule has 0 atom stereocenters. The molecule has 0 bridgehead atoms. The predicted octanol–water partition coefficient (Wildman–Crippen LogP) is 4.66. The lowest BCUT2D eigenvalue weighted by Crippen LogP contribution is -2.39. The number of halogens is 3. The van der Waals surface area contributed by atoms with E-state index in [1.54, 1.807) is 24.3 Å². The largest absolute Gasteiger partial charge is 0.417 e. The minimum absolute atomic E-state index is 0.0196. The van der Waals surface area contributed by atoms with Gasteiger partial charge in [0.05, 0.1) is 23.2 Å². The fourth-order valence-corrected chi connectivity index (χ4v) is 4.72. The molecule has 0 radical (unpaired) electrons. The third-order valence-corrected chi connectivity index (χ3v) is 6.89. The molecule has 0 aromatic heterocycles. The SMILES string of the molecule is Cc1ccc(S(=O)(=O)N(CC(=O)N/N=C\c2ccccc2C(F)(F)F)Cc2cccc(C)c2)cc1. The van der Waals surface area contributed by atoms with E-state index in [0.29, 0.717) is 5.56 Å². The molecule has 0 fully saturated rings. The van der Waals surface area contributed by atoms with Crippen molar-refractivity contribution in [1.82, 2.24) is 9.73 Å². The number of hydrazone groups is 1. The Morgan fingerprint density at radius 1 is 0.971 bits per heavy atom. The van der Waals surface area contributed by atoms with Crippen LogP contribution in [0.5, 0.6) is 0 Å². The fourth-order valence-electron chi connectivity index (χ4n) is 3.34. The normalized spacial score (nSPS) is 12.3. The monoisotopic (exact) mass is 503 g/mol. The van der Waals surface area contributed by atoms with Crippen LogP contribution in [-0.2, 0) is 27.5 Å². The van der Waals surface area contributed by atoms with E-state index in [9.17, 15) is 26.4 Å². The maximum atomic E-state index is 13.3. The Hall–Kier alpha value is -3.50. The standard InChI is InChI=1S/C25H24F3N3O3S/c1-18-10-12-22(13-11-18)35(33,34)31(16-20-7-5-6-19(2)14-20)17-24(32)30-29-15-21-8-3-4-9-23(21)25(26,27)28/h3-15H,16-17H2,1-2H3,(H,30,32)/b29-15-. The molecule has 3 rings (SSSR count). The number of nitrogens with zero attached hydrogens (tertiary/aromatic N) is 2. The van der Waals surface area contributed by atoms with Gasteiger partial charge < -0.3 is 0 Å². The van der Waals surface area contributed by atoms with E-state index in [0.717, 1.165) is 27.7 Å². The first-order chi connectivity index (χ1) is 16.5. The van der Waals surface area contributed by atoms with Gasteiger partial charge in [0.2, 0.25) is 10.0 Å². The van der Waals surface area contributed by atoms with Crippen LogP contribution in [0.15, 0.2) is 82.8 Å². The number of amides is 1. The number of carbonyl (C=O) groups is 1. The van der Waals surface area contributed by atoms with Crippen LogP contribution in [0.4, 0.5) is 13.2 Å². The summed E-state index contributed by atoms with van der Waals surface area (Å²) in [5.74, 6) is -0.797. The highest BCUT2D eigenvalue weighted by atomic mass is 32.2. The zero-order valence-electron chi connectivity index (χ0n) is 19.1. The van der Waals surface area contributed by atoms with Crippen LogP contribution in [-0.4, -0.2) is 31.4 Å². The first-order valence-electron chi connectivity index (χ1n) is 10.6. The molecule has 0 heterocycles. The van der Waals surface area contributed by atoms with Crippen molar-refractivity contribution >= 4 is 22.1 Å². The van der Waals surface area contributed by atoms with Crippen molar-refractivity contribution < 1.29 is 26.4 Å². The van der Waals surface area contributed by atoms with Crippen LogP contribution in [0, 0.1) is 13.8 Å². The average molecular weight is 504 g/mol. The summed E-state index contributed by atoms with van der Waals surface area (Å²) in [6.45, 7) is 3.03. The molecular weight excluding hydrogens is 479 g/mol. The van der Waals surface area contributed by atoms with E-state index >= 15 is 0 Å². The second kappa shape index (κ2) is 10.8. The van der Waals surface area contributed by atoms with Gasteiger partial charge >= 0.3 is 6.18 Å². The highest BCUT2D eigenvalue weighted by molar-refractivity contribution is 7.89. The Morgan fingerprint density at radius 3 is 2.31 bits per heavy atom. The third kappa shape index (κ3) is 7.00. The van der Waals surface area contributed by atoms with Gasteiger partial charge in [-0.05, 0) is 37.6 Å². The van der Waals surface area contributed by atoms with Gasteiger partial charge in [0, 0.05) is 12.1 Å². The quantitative estimate of drug-likeness (QED) is 0.359. The maximum absolute atomic E-state index is 13.3. The number of benzene rings is 3. The van der Waals surface area contributed by atoms with Crippen molar-refractivity contribution in [2.75, 3.05) is 6.54 Å². The topological polar surface area (TPSA) is 78.8 Å². The molecule has 1 N–H and O–H groups in total. The van der Waals surface area contributed by atoms with Crippen molar-refractivity contribution in [1.29, 1.82) is 0 Å². The molecule has 35 heavy (non-hydrogen) atoms. The van der Waals surface area contributed by atoms with E-state index in [1.807, 2.05) is 26.0 Å². The van der Waals surface area contributed by atoms with E-state index in [2.05, 4.69) is 10.5 Å². The van der Waals surface area contributed by atoms with Gasteiger partial charge in [-0.3, -0.25) is 4.79 Å². The lowest BCUT2D eigenvalue weighted by Gasteiger charge is -2.22. The molecule has 3 aromatic rings. The zero-order valence-corrected chi connectivity index (χ0v) is 19.9. The van der Waals surface area contributed by atoms with E-state index in [1.165, 1.54) is 30.3 Å². The van der Waals surface area contributed by atoms with Gasteiger partial charge in [0.25, 0.3) is 5.91 Å². The molecular formula is C25H24F3N3O3S. The molecule has 0 aliphatic carbocycles. The second-order valence-electron chi connectivity index (χ2n) is 7.95. The molecule has 0 unspecified atom stereocenters. The summed E-state index contributed by atoms with van der Waals surface area (Å²) in [5, 5.41) is 3.61. The Labute approximate surface area is 202 Å². The number of rotatable bonds is 8. The summed E-state index contributed by atoms with van der Waals surface area (Å²) in [5.41, 5.74) is 3.47. The highest BCUT2D eigenvalue weighted by Gasteiger charge is 2.32. The van der Waals surface area contributed by atoms with Crippen LogP contribution in [0.25, 0.3) is 0 Å². The van der Waals surface area contributed by atoms with Crippen LogP contribution < -0.4 is 5.43 Å². The van der Waals surface area contributed by atoms with Crippen molar-refractivity contribution in [3.05, 3.63) is 101 Å². The molecule has 184 valence electrons. The Morgan fingerprint density at radius 2 is 1.66 bits per heavy atom. The summed E-state index contributed by atoms with van der Waals surface area (Å²) in [6, 6.07) is 18.2. The number of carbonyl (C=O) groups excluding carboxylic acids is 1. The summed E-state index contributed by atoms with van der Waals surface area (Å²) in [6.07, 6.45) is -3.71. The fraction of sp³-hybridized carbons (Fsp3) is 0.200. The first kappa shape index (κ1) is 26.1. The summed E-state index contributed by atoms with van der Waals surface area (Å²) in [7, 11) is -4.06. The van der Waals surface area contributed by atoms with Gasteiger partial charge in [-0.1, -0.05) is 65.7 Å². The maximum Gasteiger partial charge on any atom is 0.417 e. The number of nitrogens with one attached hydrogen (secondary N) is 1. The van der Waals surface area contributed by atoms with E-state index in [-0.39, 0.29) is 17.0 Å². The number of alkyl halides is 3. The van der Waals surface area contributed by atoms with Gasteiger partial charge in [-0.2, -0.15) is 22.6 Å². The number of aryl methyl sites for hydroxylation is 2. The first-order valence-corrected chi connectivity index (χ1v) is 12.0. The molecule has 0 aliphatic heterocycles. The lowest BCUT2D eigenvalue weighted by molar-refractivity contribution is -0.137. The molecule has 3 aromatic carbocycles. The van der Waals surface area contributed by atoms with E-state index < -0.39 is 34.2 Å². The summed E-state index contributed by atoms with van der Waals surface area (Å²) >= 11 is 0. The average Bonchev–Trinajstić information content (AvgIpc) is 2.78. The van der Waals surface area contributed by atoms with Crippen molar-refractivity contribution in [3.8, 4) is 0 Å². The Kier molecular flexibility index (Phi) is 8.08. The van der Waals surface area contributed by atoms with Gasteiger partial charge in [0.1, 0.15) is 0 Å². The third-order valence-electron chi connectivity index (χ3n) is 5.08. The van der Waals surface area contributed by atoms with Crippen molar-refractivity contribution in [2.45, 2.75) is 31.5 Å². The van der Waals surface area contributed by atoms with Gasteiger partial charge in [-0.25, -0.2) is 13.8 Å². The zero-order chi connectivity index (χ0) is 25.6. The van der Waals surface area contributed by atoms with Gasteiger partial charge in [0.15, 0.2) is 0 Å². The molecule has 10 heteroatoms. The Balaban J connectivity index is 1.81. The van der Waals surface area contributed by atoms with Crippen LogP contribution in [0.2, 0.25) is 0 Å². The molecule has 6 nitrogen and oxygen atoms in total. The van der Waals surface area contributed by atoms with Gasteiger partial charge in [-0.15, -0.1) is 0 Å². The summed E-state index contributed by atoms with van der Waals surface area (Å²) in [4.78, 5) is 12.6. The smallest absolute Gasteiger partial charge is 0.272 e. The van der Waals surface area contributed by atoms with Crippen molar-refractivity contribution in [2.24, 2.45) is 5.10 Å². The highest BCUT2D eigenvalue weighted by Crippen LogP contribution is 2.31. The minimum atomic E-state index is -4.58. The lowest BCUT2D eigenvalue weighted by atomic mass is 10.1. The predicted molar refractivity (Wildman–Crippen MR) is 127 cm³/mol. The van der Waals surface area contributed by atoms with E-state index in [4.69, 9.17) is 0 Å². The van der Waals surface area contributed by atoms with Crippen LogP contribution in [0.1, 0.15) is 27.8 Å². The van der Waals surface area contributed by atoms with Crippen LogP contribution in [0.3, 0.4) is 0 Å². The summed E-state index contributed by atoms with van der Waals surface area (Å²) < 4.78 is 67.0. The second-order valence-corrected chi connectivity index (χ2v) is 9.89. The molecule has 0 aliphatic rings. The molecule has 0 spiro atoms. The minimum Gasteiger partial charge on any atom is -0.272 e. The van der Waals surface area contributed by atoms with Crippen molar-refractivity contribution in [3.63, 3.8) is 0 Å². The Bertz CT molecular complexity index is 1320. The van der Waals surface area contributed by atoms with Crippen LogP contribution >= 0.6 is 0 Å².